The van der Waals surface area contributed by atoms with Crippen molar-refractivity contribution in [1.29, 1.82) is 0 Å². The van der Waals surface area contributed by atoms with Gasteiger partial charge in [-0.25, -0.2) is 4.79 Å². The maximum absolute atomic E-state index is 12.6. The van der Waals surface area contributed by atoms with E-state index in [1.165, 1.54) is 0 Å². The van der Waals surface area contributed by atoms with Gasteiger partial charge >= 0.3 is 5.97 Å². The number of carbonyl (C=O) groups is 2. The Hall–Kier alpha value is -2.62. The van der Waals surface area contributed by atoms with Crippen LogP contribution < -0.4 is 4.90 Å². The first-order chi connectivity index (χ1) is 11.1. The molecule has 1 aliphatic heterocycles. The first-order valence-corrected chi connectivity index (χ1v) is 7.74. The van der Waals surface area contributed by atoms with Gasteiger partial charge in [-0.15, -0.1) is 0 Å². The van der Waals surface area contributed by atoms with Gasteiger partial charge in [-0.2, -0.15) is 0 Å². The Morgan fingerprint density at radius 1 is 1.09 bits per heavy atom. The molecule has 0 fully saturated rings. The number of ether oxygens (including phenoxy) is 1. The summed E-state index contributed by atoms with van der Waals surface area (Å²) < 4.78 is 5.38. The lowest BCUT2D eigenvalue weighted by atomic mass is 10.1. The molecule has 1 aliphatic rings. The molecule has 4 heteroatoms. The van der Waals surface area contributed by atoms with Gasteiger partial charge in [0.25, 0.3) is 5.91 Å². The molecule has 0 saturated carbocycles. The van der Waals surface area contributed by atoms with Crippen LogP contribution in [0, 0.1) is 6.92 Å². The number of amides is 1. The summed E-state index contributed by atoms with van der Waals surface area (Å²) in [5, 5.41) is 0. The average molecular weight is 309 g/mol. The average Bonchev–Trinajstić information content (AvgIpc) is 2.98. The van der Waals surface area contributed by atoms with Gasteiger partial charge in [0.05, 0.1) is 5.56 Å². The van der Waals surface area contributed by atoms with Crippen LogP contribution in [-0.2, 0) is 16.0 Å². The Balaban J connectivity index is 1.72. The standard InChI is InChI=1S/C19H19NO3/c1-13-7-3-5-9-16(13)19(22)23-14(2)18(21)20-12-11-15-8-4-6-10-17(15)20/h3-10,14H,11-12H2,1-2H3. The van der Waals surface area contributed by atoms with Crippen LogP contribution in [0.25, 0.3) is 0 Å². The van der Waals surface area contributed by atoms with Crippen molar-refractivity contribution >= 4 is 17.6 Å². The number of benzene rings is 2. The number of esters is 1. The van der Waals surface area contributed by atoms with E-state index in [0.717, 1.165) is 23.2 Å². The third kappa shape index (κ3) is 2.97. The summed E-state index contributed by atoms with van der Waals surface area (Å²) in [7, 11) is 0. The molecule has 1 heterocycles. The molecule has 0 radical (unpaired) electrons. The molecule has 23 heavy (non-hydrogen) atoms. The molecular formula is C19H19NO3. The molecule has 0 aromatic heterocycles. The van der Waals surface area contributed by atoms with Crippen LogP contribution in [0.2, 0.25) is 0 Å². The molecule has 2 aromatic carbocycles. The molecule has 0 bridgehead atoms. The van der Waals surface area contributed by atoms with Crippen LogP contribution in [0.5, 0.6) is 0 Å². The summed E-state index contributed by atoms with van der Waals surface area (Å²) in [4.78, 5) is 26.6. The van der Waals surface area contributed by atoms with E-state index in [9.17, 15) is 9.59 Å². The number of fused-ring (bicyclic) bond motifs is 1. The third-order valence-corrected chi connectivity index (χ3v) is 4.15. The van der Waals surface area contributed by atoms with Crippen molar-refractivity contribution in [3.63, 3.8) is 0 Å². The first kappa shape index (κ1) is 15.3. The lowest BCUT2D eigenvalue weighted by Gasteiger charge is -2.22. The number of anilines is 1. The predicted molar refractivity (Wildman–Crippen MR) is 88.6 cm³/mol. The second kappa shape index (κ2) is 6.24. The highest BCUT2D eigenvalue weighted by Gasteiger charge is 2.30. The molecule has 1 unspecified atom stereocenters. The fourth-order valence-corrected chi connectivity index (χ4v) is 2.86. The van der Waals surface area contributed by atoms with Gasteiger partial charge in [-0.3, -0.25) is 4.79 Å². The summed E-state index contributed by atoms with van der Waals surface area (Å²) in [6.07, 6.45) is 0.0219. The van der Waals surface area contributed by atoms with E-state index in [-0.39, 0.29) is 5.91 Å². The maximum Gasteiger partial charge on any atom is 0.339 e. The summed E-state index contributed by atoms with van der Waals surface area (Å²) in [5.41, 5.74) is 3.40. The SMILES string of the molecule is Cc1ccccc1C(=O)OC(C)C(=O)N1CCc2ccccc21. The Morgan fingerprint density at radius 3 is 2.57 bits per heavy atom. The Bertz CT molecular complexity index is 754. The highest BCUT2D eigenvalue weighted by molar-refractivity contribution is 6.00. The van der Waals surface area contributed by atoms with E-state index in [0.29, 0.717) is 12.1 Å². The molecular weight excluding hydrogens is 290 g/mol. The van der Waals surface area contributed by atoms with Crippen molar-refractivity contribution in [1.82, 2.24) is 0 Å². The van der Waals surface area contributed by atoms with Gasteiger partial charge in [0.1, 0.15) is 0 Å². The topological polar surface area (TPSA) is 46.6 Å². The Kier molecular flexibility index (Phi) is 4.15. The lowest BCUT2D eigenvalue weighted by molar-refractivity contribution is -0.126. The van der Waals surface area contributed by atoms with Crippen LogP contribution in [0.3, 0.4) is 0 Å². The largest absolute Gasteiger partial charge is 0.449 e. The van der Waals surface area contributed by atoms with Crippen molar-refractivity contribution in [3.8, 4) is 0 Å². The van der Waals surface area contributed by atoms with E-state index >= 15 is 0 Å². The highest BCUT2D eigenvalue weighted by Crippen LogP contribution is 2.28. The van der Waals surface area contributed by atoms with Crippen molar-refractivity contribution in [3.05, 3.63) is 65.2 Å². The van der Waals surface area contributed by atoms with Crippen LogP contribution in [0.15, 0.2) is 48.5 Å². The van der Waals surface area contributed by atoms with Crippen LogP contribution in [-0.4, -0.2) is 24.5 Å². The molecule has 118 valence electrons. The Labute approximate surface area is 135 Å². The smallest absolute Gasteiger partial charge is 0.339 e. The molecule has 0 aliphatic carbocycles. The highest BCUT2D eigenvalue weighted by atomic mass is 16.5. The van der Waals surface area contributed by atoms with Crippen molar-refractivity contribution in [2.24, 2.45) is 0 Å². The fraction of sp³-hybridized carbons (Fsp3) is 0.263. The van der Waals surface area contributed by atoms with E-state index in [2.05, 4.69) is 0 Å². The van der Waals surface area contributed by atoms with Gasteiger partial charge in [0, 0.05) is 12.2 Å². The number of hydrogen-bond acceptors (Lipinski definition) is 3. The van der Waals surface area contributed by atoms with Crippen LogP contribution in [0.4, 0.5) is 5.69 Å². The minimum Gasteiger partial charge on any atom is -0.449 e. The second-order valence-electron chi connectivity index (χ2n) is 5.73. The summed E-state index contributed by atoms with van der Waals surface area (Å²) in [6, 6.07) is 15.0. The molecule has 3 rings (SSSR count). The minimum atomic E-state index is -0.812. The zero-order chi connectivity index (χ0) is 16.4. The van der Waals surface area contributed by atoms with E-state index in [1.54, 1.807) is 24.0 Å². The third-order valence-electron chi connectivity index (χ3n) is 4.15. The zero-order valence-corrected chi connectivity index (χ0v) is 13.3. The number of hydrogen-bond donors (Lipinski definition) is 0. The van der Waals surface area contributed by atoms with Crippen LogP contribution in [0.1, 0.15) is 28.4 Å². The number of carbonyl (C=O) groups excluding carboxylic acids is 2. The predicted octanol–water partition coefficient (Wildman–Crippen LogP) is 3.13. The van der Waals surface area contributed by atoms with Gasteiger partial charge in [0.2, 0.25) is 0 Å². The van der Waals surface area contributed by atoms with E-state index in [4.69, 9.17) is 4.74 Å². The van der Waals surface area contributed by atoms with E-state index in [1.807, 2.05) is 43.3 Å². The molecule has 2 aromatic rings. The molecule has 4 nitrogen and oxygen atoms in total. The van der Waals surface area contributed by atoms with Crippen molar-refractivity contribution in [2.75, 3.05) is 11.4 Å². The monoisotopic (exact) mass is 309 g/mol. The summed E-state index contributed by atoms with van der Waals surface area (Å²) >= 11 is 0. The zero-order valence-electron chi connectivity index (χ0n) is 13.3. The fourth-order valence-electron chi connectivity index (χ4n) is 2.86. The normalized spacial score (nSPS) is 14.3. The van der Waals surface area contributed by atoms with E-state index < -0.39 is 12.1 Å². The molecule has 1 atom stereocenters. The minimum absolute atomic E-state index is 0.183. The first-order valence-electron chi connectivity index (χ1n) is 7.74. The molecule has 0 saturated heterocycles. The molecule has 0 N–H and O–H groups in total. The Morgan fingerprint density at radius 2 is 1.78 bits per heavy atom. The number of aryl methyl sites for hydroxylation is 1. The van der Waals surface area contributed by atoms with Gasteiger partial charge in [-0.05, 0) is 43.5 Å². The molecule has 0 spiro atoms. The quantitative estimate of drug-likeness (QED) is 0.818. The maximum atomic E-state index is 12.6. The number of para-hydroxylation sites is 1. The van der Waals surface area contributed by atoms with Crippen molar-refractivity contribution < 1.29 is 14.3 Å². The second-order valence-corrected chi connectivity index (χ2v) is 5.73. The summed E-state index contributed by atoms with van der Waals surface area (Å²) in [6.45, 7) is 4.10. The summed E-state index contributed by atoms with van der Waals surface area (Å²) in [5.74, 6) is -0.645. The van der Waals surface area contributed by atoms with Gasteiger partial charge in [0.15, 0.2) is 6.10 Å². The lowest BCUT2D eigenvalue weighted by Crippen LogP contribution is -2.39. The van der Waals surface area contributed by atoms with Crippen LogP contribution >= 0.6 is 0 Å². The van der Waals surface area contributed by atoms with Gasteiger partial charge < -0.3 is 9.64 Å². The van der Waals surface area contributed by atoms with Crippen molar-refractivity contribution in [2.45, 2.75) is 26.4 Å². The van der Waals surface area contributed by atoms with Gasteiger partial charge in [-0.1, -0.05) is 36.4 Å². The number of rotatable bonds is 3. The number of nitrogens with zero attached hydrogens (tertiary/aromatic N) is 1. The molecule has 1 amide bonds.